The van der Waals surface area contributed by atoms with Crippen molar-refractivity contribution in [1.82, 2.24) is 51.3 Å². The standard InChI is InChI=1S/C62H108N10O19/c1-3-5-7-9-11-13-15-17-19-21-23-25-55(73)63-53(59(79)65-51(61(81)82)27-29-57(75)76)47-90-45-49-43-71(69-67-49)31-33-85-35-37-87-39-41-89-42-40-88-38-36-86-34-32-72-44-50(68-70-72)46-91-48-54(60(80)66-52(62(83)84)28-30-58(77)78)64-56(74)26-24-22-20-18-16-14-12-10-8-6-4-2/h43-44,51-54H,3-42,45-48H2,1-2H3,(H,63,73)(H,64,74)(H,65,79)(H,66,80)(H,75,76)(H,77,78)(H,81,82)(H,83,84)/t51-,52-,53+,54+/m1/s1. The summed E-state index contributed by atoms with van der Waals surface area (Å²) >= 11 is 0. The number of hydrogen-bond donors (Lipinski definition) is 8. The minimum atomic E-state index is -1.47. The molecule has 0 bridgehead atoms. The van der Waals surface area contributed by atoms with Gasteiger partial charge in [-0.1, -0.05) is 153 Å². The van der Waals surface area contributed by atoms with Crippen molar-refractivity contribution in [3.8, 4) is 0 Å². The fraction of sp³-hybridized carbons (Fsp3) is 0.806. The molecular formula is C62H108N10O19. The lowest BCUT2D eigenvalue weighted by Crippen LogP contribution is -2.53. The van der Waals surface area contributed by atoms with Gasteiger partial charge in [-0.05, 0) is 25.7 Å². The number of nitrogens with zero attached hydrogens (tertiary/aromatic N) is 6. The normalized spacial score (nSPS) is 12.7. The van der Waals surface area contributed by atoms with Gasteiger partial charge in [-0.3, -0.25) is 28.8 Å². The van der Waals surface area contributed by atoms with Crippen LogP contribution in [-0.4, -0.2) is 201 Å². The fourth-order valence-corrected chi connectivity index (χ4v) is 9.28. The molecular weight excluding hydrogens is 1190 g/mol. The molecule has 0 radical (unpaired) electrons. The largest absolute Gasteiger partial charge is 0.481 e. The van der Waals surface area contributed by atoms with Gasteiger partial charge in [-0.25, -0.2) is 19.0 Å². The van der Waals surface area contributed by atoms with E-state index in [1.807, 2.05) is 0 Å². The van der Waals surface area contributed by atoms with Crippen LogP contribution < -0.4 is 21.3 Å². The van der Waals surface area contributed by atoms with Gasteiger partial charge >= 0.3 is 23.9 Å². The summed E-state index contributed by atoms with van der Waals surface area (Å²) in [4.78, 5) is 97.9. The van der Waals surface area contributed by atoms with Crippen molar-refractivity contribution in [1.29, 1.82) is 0 Å². The van der Waals surface area contributed by atoms with E-state index in [4.69, 9.17) is 43.4 Å². The summed E-state index contributed by atoms with van der Waals surface area (Å²) in [5.74, 6) is -7.59. The lowest BCUT2D eigenvalue weighted by Gasteiger charge is -2.21. The van der Waals surface area contributed by atoms with Crippen LogP contribution in [0.4, 0.5) is 0 Å². The van der Waals surface area contributed by atoms with Gasteiger partial charge in [0.25, 0.3) is 0 Å². The second-order valence-corrected chi connectivity index (χ2v) is 22.5. The highest BCUT2D eigenvalue weighted by Gasteiger charge is 2.29. The van der Waals surface area contributed by atoms with Crippen LogP contribution in [0.25, 0.3) is 0 Å². The van der Waals surface area contributed by atoms with E-state index in [-0.39, 0.29) is 63.9 Å². The smallest absolute Gasteiger partial charge is 0.326 e. The molecule has 0 unspecified atom stereocenters. The topological polar surface area (TPSA) is 392 Å². The van der Waals surface area contributed by atoms with Gasteiger partial charge in [0, 0.05) is 25.7 Å². The Hall–Kier alpha value is -6.24. The molecule has 4 atom stereocenters. The average molecular weight is 1300 g/mol. The fourth-order valence-electron chi connectivity index (χ4n) is 9.28. The monoisotopic (exact) mass is 1300 g/mol. The zero-order valence-corrected chi connectivity index (χ0v) is 54.2. The molecule has 0 saturated carbocycles. The van der Waals surface area contributed by atoms with Gasteiger partial charge in [0.15, 0.2) is 0 Å². The molecule has 8 N–H and O–H groups in total. The van der Waals surface area contributed by atoms with Crippen molar-refractivity contribution >= 4 is 47.5 Å². The SMILES string of the molecule is CCCCCCCCCCCCCC(=O)N[C@@H](COCc1cn(CCOCCOCCOCCOCCOCCn2cc(COC[C@H](NC(=O)CCCCCCCCCCCCC)C(=O)N[C@H](CCC(=O)O)C(=O)O)nn2)nn1)C(=O)N[C@H](CCC(=O)O)C(=O)O. The third kappa shape index (κ3) is 44.8. The molecule has 2 heterocycles. The first-order chi connectivity index (χ1) is 44.1. The lowest BCUT2D eigenvalue weighted by atomic mass is 10.1. The number of carbonyl (C=O) groups is 8. The highest BCUT2D eigenvalue weighted by atomic mass is 16.6. The summed E-state index contributed by atoms with van der Waals surface area (Å²) in [6.45, 7) is 7.86. The summed E-state index contributed by atoms with van der Waals surface area (Å²) in [5, 5.41) is 63.6. The molecule has 0 aliphatic carbocycles. The Morgan fingerprint density at radius 3 is 0.978 bits per heavy atom. The Morgan fingerprint density at radius 2 is 0.681 bits per heavy atom. The Labute approximate surface area is 536 Å². The van der Waals surface area contributed by atoms with Crippen LogP contribution in [0.1, 0.15) is 205 Å². The van der Waals surface area contributed by atoms with Crippen molar-refractivity contribution in [2.75, 3.05) is 79.3 Å². The van der Waals surface area contributed by atoms with Gasteiger partial charge in [-0.2, -0.15) is 0 Å². The van der Waals surface area contributed by atoms with E-state index in [0.29, 0.717) is 103 Å². The van der Waals surface area contributed by atoms with Gasteiger partial charge in [0.05, 0.1) is 118 Å². The molecule has 0 aromatic carbocycles. The molecule has 0 spiro atoms. The number of rotatable bonds is 64. The van der Waals surface area contributed by atoms with Crippen molar-refractivity contribution in [3.63, 3.8) is 0 Å². The van der Waals surface area contributed by atoms with E-state index in [1.165, 1.54) is 77.0 Å². The lowest BCUT2D eigenvalue weighted by molar-refractivity contribution is -0.144. The first kappa shape index (κ1) is 80.9. The van der Waals surface area contributed by atoms with Crippen molar-refractivity contribution < 1.29 is 91.9 Å². The molecule has 29 heteroatoms. The number of ether oxygens (including phenoxy) is 7. The van der Waals surface area contributed by atoms with Crippen LogP contribution in [0.5, 0.6) is 0 Å². The molecule has 2 rings (SSSR count). The van der Waals surface area contributed by atoms with E-state index in [2.05, 4.69) is 55.7 Å². The first-order valence-electron chi connectivity index (χ1n) is 33.0. The second-order valence-electron chi connectivity index (χ2n) is 22.5. The van der Waals surface area contributed by atoms with Crippen LogP contribution in [0.3, 0.4) is 0 Å². The molecule has 0 saturated heterocycles. The minimum absolute atomic E-state index is 0.0596. The van der Waals surface area contributed by atoms with Gasteiger partial charge in [0.2, 0.25) is 23.6 Å². The number of nitrogens with one attached hydrogen (secondary N) is 4. The van der Waals surface area contributed by atoms with Crippen molar-refractivity contribution in [2.45, 2.75) is 244 Å². The summed E-state index contributed by atoms with van der Waals surface area (Å²) in [5.41, 5.74) is 0.887. The molecule has 2 aromatic rings. The van der Waals surface area contributed by atoms with Crippen LogP contribution in [-0.2, 0) is 97.8 Å². The molecule has 0 aliphatic rings. The van der Waals surface area contributed by atoms with E-state index in [1.54, 1.807) is 21.8 Å². The minimum Gasteiger partial charge on any atom is -0.481 e. The molecule has 520 valence electrons. The summed E-state index contributed by atoms with van der Waals surface area (Å²) in [6.07, 6.45) is 26.6. The summed E-state index contributed by atoms with van der Waals surface area (Å²) in [7, 11) is 0. The molecule has 91 heavy (non-hydrogen) atoms. The third-order valence-corrected chi connectivity index (χ3v) is 14.5. The Bertz CT molecular complexity index is 2120. The van der Waals surface area contributed by atoms with Crippen molar-refractivity contribution in [2.24, 2.45) is 0 Å². The number of hydrogen-bond acceptors (Lipinski definition) is 19. The highest BCUT2D eigenvalue weighted by molar-refractivity contribution is 5.91. The van der Waals surface area contributed by atoms with Gasteiger partial charge < -0.3 is 74.9 Å². The Balaban J connectivity index is 1.59. The number of aromatic nitrogens is 6. The zero-order valence-electron chi connectivity index (χ0n) is 54.2. The zero-order chi connectivity index (χ0) is 66.4. The number of unbranched alkanes of at least 4 members (excludes halogenated alkanes) is 20. The van der Waals surface area contributed by atoms with E-state index in [0.717, 1.165) is 51.4 Å². The molecule has 0 aliphatic heterocycles. The third-order valence-electron chi connectivity index (χ3n) is 14.5. The molecule has 4 amide bonds. The number of carbonyl (C=O) groups excluding carboxylic acids is 4. The van der Waals surface area contributed by atoms with Crippen LogP contribution in [0, 0.1) is 0 Å². The van der Waals surface area contributed by atoms with Crippen LogP contribution >= 0.6 is 0 Å². The quantitative estimate of drug-likeness (QED) is 0.0356. The number of carboxylic acids is 4. The summed E-state index contributed by atoms with van der Waals surface area (Å²) in [6, 6.07) is -5.41. The van der Waals surface area contributed by atoms with E-state index >= 15 is 0 Å². The maximum absolute atomic E-state index is 13.2. The van der Waals surface area contributed by atoms with Crippen LogP contribution in [0.2, 0.25) is 0 Å². The molecule has 2 aromatic heterocycles. The number of carboxylic acid groups (broad SMARTS) is 4. The Kier molecular flexibility index (Phi) is 48.3. The van der Waals surface area contributed by atoms with Crippen LogP contribution in [0.15, 0.2) is 12.4 Å². The maximum atomic E-state index is 13.2. The van der Waals surface area contributed by atoms with Gasteiger partial charge in [0.1, 0.15) is 35.6 Å². The van der Waals surface area contributed by atoms with Gasteiger partial charge in [-0.15, -0.1) is 10.2 Å². The second kappa shape index (κ2) is 54.3. The maximum Gasteiger partial charge on any atom is 0.326 e. The average Bonchev–Trinajstić information content (AvgIpc) is 3.98. The highest BCUT2D eigenvalue weighted by Crippen LogP contribution is 2.14. The summed E-state index contributed by atoms with van der Waals surface area (Å²) < 4.78 is 42.6. The predicted octanol–water partition coefficient (Wildman–Crippen LogP) is 5.93. The van der Waals surface area contributed by atoms with E-state index in [9.17, 15) is 48.6 Å². The number of aliphatic carboxylic acids is 4. The molecule has 0 fully saturated rings. The number of amides is 4. The first-order valence-corrected chi connectivity index (χ1v) is 33.0. The Morgan fingerprint density at radius 1 is 0.385 bits per heavy atom. The molecule has 29 nitrogen and oxygen atoms in total. The predicted molar refractivity (Wildman–Crippen MR) is 332 cm³/mol. The van der Waals surface area contributed by atoms with E-state index < -0.39 is 72.7 Å². The van der Waals surface area contributed by atoms with Crippen molar-refractivity contribution in [3.05, 3.63) is 23.8 Å².